The molecule has 144 valence electrons. The van der Waals surface area contributed by atoms with Gasteiger partial charge in [-0.05, 0) is 0 Å². The SMILES string of the molecule is C=CCSSCC=C.NC(=S)[S-].NC(=S)[S-].NC(=S)[S-].NC(=S)[S-].[Mo+4]. The van der Waals surface area contributed by atoms with E-state index in [0.29, 0.717) is 0 Å². The molecular weight excluding hydrogens is 593 g/mol. The second kappa shape index (κ2) is 40.1. The molecule has 0 rings (SSSR count). The van der Waals surface area contributed by atoms with E-state index in [9.17, 15) is 0 Å². The maximum Gasteiger partial charge on any atom is 4.00 e. The van der Waals surface area contributed by atoms with Crippen molar-refractivity contribution < 1.29 is 21.1 Å². The molecule has 8 N–H and O–H groups in total. The monoisotopic (exact) mass is 612 g/mol. The molecule has 0 amide bonds. The van der Waals surface area contributed by atoms with Gasteiger partial charge in [0.25, 0.3) is 0 Å². The number of nitrogens with two attached hydrogens (primary N) is 4. The van der Waals surface area contributed by atoms with E-state index >= 15 is 0 Å². The van der Waals surface area contributed by atoms with Crippen LogP contribution in [-0.4, -0.2) is 28.8 Å². The van der Waals surface area contributed by atoms with Gasteiger partial charge in [-0.25, -0.2) is 0 Å². The minimum absolute atomic E-state index is 0. The first-order chi connectivity index (χ1) is 10.8. The van der Waals surface area contributed by atoms with E-state index in [2.05, 4.69) is 135 Å². The smallest absolute Gasteiger partial charge is 0.415 e. The standard InChI is InChI=1S/C6H10S2.4CH3NS2.Mo/c1-3-5-7-8-6-4-2;4*2-1(3)4;/h3-4H,1-2,5-6H2;4*(H3,2,3,4);/q;;;;;+4/p-4. The van der Waals surface area contributed by atoms with Gasteiger partial charge in [-0.2, -0.15) is 0 Å². The minimum Gasteiger partial charge on any atom is -0.415 e. The maximum atomic E-state index is 4.66. The second-order valence-corrected chi connectivity index (χ2v) is 9.53. The van der Waals surface area contributed by atoms with Gasteiger partial charge >= 0.3 is 21.1 Å². The molecule has 0 radical (unpaired) electrons. The Kier molecular flexibility index (Phi) is 65.6. The zero-order valence-corrected chi connectivity index (χ0v) is 23.0. The van der Waals surface area contributed by atoms with E-state index in [0.717, 1.165) is 11.5 Å². The summed E-state index contributed by atoms with van der Waals surface area (Å²) in [6.45, 7) is 7.20. The van der Waals surface area contributed by atoms with Crippen LogP contribution in [-0.2, 0) is 71.6 Å². The summed E-state index contributed by atoms with van der Waals surface area (Å²) in [5.41, 5.74) is 18.6. The van der Waals surface area contributed by atoms with Crippen LogP contribution in [0.1, 0.15) is 0 Å². The second-order valence-electron chi connectivity index (χ2n) is 2.42. The molecule has 0 atom stereocenters. The topological polar surface area (TPSA) is 104 Å². The summed E-state index contributed by atoms with van der Waals surface area (Å²) < 4.78 is 0.333. The van der Waals surface area contributed by atoms with Crippen molar-refractivity contribution >= 4 is 138 Å². The van der Waals surface area contributed by atoms with E-state index in [1.54, 1.807) is 21.6 Å². The molecule has 4 nitrogen and oxygen atoms in total. The summed E-state index contributed by atoms with van der Waals surface area (Å²) in [6.07, 6.45) is 3.81. The van der Waals surface area contributed by atoms with Crippen molar-refractivity contribution in [2.24, 2.45) is 22.9 Å². The normalized spacial score (nSPS) is 6.56. The maximum absolute atomic E-state index is 4.66. The molecule has 0 saturated heterocycles. The number of thiocarbonyl (C=S) groups is 4. The summed E-state index contributed by atoms with van der Waals surface area (Å²) in [6, 6.07) is 0. The van der Waals surface area contributed by atoms with E-state index in [-0.39, 0.29) is 38.3 Å². The molecule has 0 heterocycles. The molecule has 0 aromatic heterocycles. The summed E-state index contributed by atoms with van der Waals surface area (Å²) in [7, 11) is 3.61. The van der Waals surface area contributed by atoms with Crippen molar-refractivity contribution in [3.05, 3.63) is 25.3 Å². The van der Waals surface area contributed by atoms with Crippen LogP contribution in [0.2, 0.25) is 0 Å². The van der Waals surface area contributed by atoms with Gasteiger partial charge in [-0.3, -0.25) is 0 Å². The zero-order valence-electron chi connectivity index (χ0n) is 12.8. The average Bonchev–Trinajstić information content (AvgIpc) is 2.32. The first-order valence-corrected chi connectivity index (χ1v) is 10.9. The third kappa shape index (κ3) is 346. The van der Waals surface area contributed by atoms with E-state index in [1.165, 1.54) is 0 Å². The van der Waals surface area contributed by atoms with Crippen molar-refractivity contribution in [2.75, 3.05) is 11.5 Å². The summed E-state index contributed by atoms with van der Waals surface area (Å²) >= 11 is 33.0. The Labute approximate surface area is 216 Å². The van der Waals surface area contributed by atoms with Gasteiger partial charge in [0.1, 0.15) is 0 Å². The van der Waals surface area contributed by atoms with Gasteiger partial charge in [0.15, 0.2) is 0 Å². The Morgan fingerprint density at radius 3 is 0.880 bits per heavy atom. The van der Waals surface area contributed by atoms with Gasteiger partial charge in [0.05, 0.1) is 0 Å². The van der Waals surface area contributed by atoms with Crippen molar-refractivity contribution in [1.29, 1.82) is 0 Å². The average molecular weight is 611 g/mol. The third-order valence-electron chi connectivity index (χ3n) is 0.455. The molecule has 0 aromatic rings. The summed E-state index contributed by atoms with van der Waals surface area (Å²) in [4.78, 5) is 0. The van der Waals surface area contributed by atoms with Crippen molar-refractivity contribution in [1.82, 2.24) is 0 Å². The number of hydrogen-bond donors (Lipinski definition) is 4. The number of hydrogen-bond acceptors (Lipinski definition) is 10. The zero-order chi connectivity index (χ0) is 20.6. The first-order valence-electron chi connectivity index (χ1n) is 5.16. The Bertz CT molecular complexity index is 294. The molecule has 25 heavy (non-hydrogen) atoms. The first kappa shape index (κ1) is 40.9. The molecular formula is C10H18MoN4S10. The van der Waals surface area contributed by atoms with Crippen LogP contribution in [0.4, 0.5) is 0 Å². The fourth-order valence-electron chi connectivity index (χ4n) is 0.192. The van der Waals surface area contributed by atoms with Crippen LogP contribution >= 0.6 is 70.5 Å². The summed E-state index contributed by atoms with van der Waals surface area (Å²) in [5, 5.41) is 0. The van der Waals surface area contributed by atoms with Gasteiger partial charge in [0, 0.05) is 11.5 Å². The van der Waals surface area contributed by atoms with Crippen LogP contribution in [0.25, 0.3) is 0 Å². The molecule has 0 aliphatic rings. The molecule has 15 heteroatoms. The van der Waals surface area contributed by atoms with Crippen molar-refractivity contribution in [3.63, 3.8) is 0 Å². The molecule has 0 unspecified atom stereocenters. The Morgan fingerprint density at radius 2 is 0.800 bits per heavy atom. The predicted molar refractivity (Wildman–Crippen MR) is 142 cm³/mol. The van der Waals surface area contributed by atoms with Crippen LogP contribution < -0.4 is 22.9 Å². The fraction of sp³-hybridized carbons (Fsp3) is 0.200. The molecule has 0 spiro atoms. The van der Waals surface area contributed by atoms with E-state index < -0.39 is 0 Å². The van der Waals surface area contributed by atoms with Crippen LogP contribution in [0, 0.1) is 0 Å². The van der Waals surface area contributed by atoms with Crippen LogP contribution in [0.5, 0.6) is 0 Å². The molecule has 0 aromatic carbocycles. The molecule has 0 bridgehead atoms. The fourth-order valence-corrected chi connectivity index (χ4v) is 1.73. The molecule has 0 saturated carbocycles. The quantitative estimate of drug-likeness (QED) is 0.0909. The van der Waals surface area contributed by atoms with E-state index in [4.69, 9.17) is 0 Å². The van der Waals surface area contributed by atoms with Crippen LogP contribution in [0.3, 0.4) is 0 Å². The van der Waals surface area contributed by atoms with E-state index in [1.807, 2.05) is 12.2 Å². The van der Waals surface area contributed by atoms with Crippen molar-refractivity contribution in [3.8, 4) is 0 Å². The predicted octanol–water partition coefficient (Wildman–Crippen LogP) is 1.84. The van der Waals surface area contributed by atoms with Crippen molar-refractivity contribution in [2.45, 2.75) is 0 Å². The van der Waals surface area contributed by atoms with Crippen LogP contribution in [0.15, 0.2) is 25.3 Å². The number of rotatable bonds is 5. The molecule has 0 aliphatic carbocycles. The Balaban J connectivity index is -0.0000000467. The summed E-state index contributed by atoms with van der Waals surface area (Å²) in [5.74, 6) is 2.05. The van der Waals surface area contributed by atoms with Gasteiger partial charge < -0.3 is 122 Å². The van der Waals surface area contributed by atoms with Gasteiger partial charge in [-0.1, -0.05) is 51.0 Å². The van der Waals surface area contributed by atoms with Gasteiger partial charge in [0.2, 0.25) is 0 Å². The molecule has 0 aliphatic heterocycles. The Hall–Kier alpha value is 1.31. The minimum atomic E-state index is 0. The van der Waals surface area contributed by atoms with Gasteiger partial charge in [-0.15, -0.1) is 13.2 Å². The molecule has 0 fully saturated rings. The Morgan fingerprint density at radius 1 is 0.680 bits per heavy atom. The third-order valence-corrected chi connectivity index (χ3v) is 2.68. The largest absolute Gasteiger partial charge is 4.00 e.